The first-order chi connectivity index (χ1) is 7.53. The fraction of sp³-hybridized carbons (Fsp3) is 0.222. The Labute approximate surface area is 99.5 Å². The average Bonchev–Trinajstić information content (AvgIpc) is 2.14. The molecule has 0 saturated carbocycles. The molecule has 0 aromatic heterocycles. The van der Waals surface area contributed by atoms with E-state index < -0.39 is 33.7 Å². The summed E-state index contributed by atoms with van der Waals surface area (Å²) in [5, 5.41) is 0. The van der Waals surface area contributed by atoms with Gasteiger partial charge in [-0.25, -0.2) is 4.39 Å². The second-order valence-corrected chi connectivity index (χ2v) is 4.01. The van der Waals surface area contributed by atoms with Crippen molar-refractivity contribution in [3.8, 4) is 0 Å². The molecule has 0 aliphatic rings. The van der Waals surface area contributed by atoms with Crippen LogP contribution in [0.4, 0.5) is 26.3 Å². The largest absolute Gasteiger partial charge is 0.417 e. The molecule has 0 spiro atoms. The van der Waals surface area contributed by atoms with Crippen LogP contribution in [0.3, 0.4) is 0 Å². The van der Waals surface area contributed by atoms with Crippen molar-refractivity contribution in [2.45, 2.75) is 11.0 Å². The minimum absolute atomic E-state index is 0.00796. The van der Waals surface area contributed by atoms with Gasteiger partial charge in [0.05, 0.1) is 5.56 Å². The van der Waals surface area contributed by atoms with Crippen LogP contribution >= 0.6 is 15.9 Å². The third-order valence-corrected chi connectivity index (χ3v) is 2.15. The quantitative estimate of drug-likeness (QED) is 0.457. The lowest BCUT2D eigenvalue weighted by molar-refractivity contribution is -0.138. The lowest BCUT2D eigenvalue weighted by Gasteiger charge is -2.14. The minimum Gasteiger partial charge on any atom is -0.286 e. The highest BCUT2D eigenvalue weighted by Gasteiger charge is 2.42. The maximum Gasteiger partial charge on any atom is 0.417 e. The number of Topliss-reactive ketones (excluding diaryl/α,β-unsaturated/α-hetero) is 1. The van der Waals surface area contributed by atoms with Crippen LogP contribution in [-0.2, 0) is 6.18 Å². The Balaban J connectivity index is 3.40. The molecule has 0 saturated heterocycles. The normalized spacial score (nSPS) is 12.6. The zero-order chi connectivity index (χ0) is 13.4. The van der Waals surface area contributed by atoms with Crippen LogP contribution in [0.2, 0.25) is 0 Å². The molecule has 0 aliphatic heterocycles. The molecular formula is C9H3BrF6O. The lowest BCUT2D eigenvalue weighted by atomic mass is 10.0. The number of hydrogen-bond donors (Lipinski definition) is 0. The summed E-state index contributed by atoms with van der Waals surface area (Å²) >= 11 is 1.66. The van der Waals surface area contributed by atoms with Gasteiger partial charge in [0.1, 0.15) is 5.82 Å². The number of carbonyl (C=O) groups is 1. The third kappa shape index (κ3) is 3.21. The van der Waals surface area contributed by atoms with Crippen LogP contribution in [0.15, 0.2) is 18.2 Å². The van der Waals surface area contributed by atoms with E-state index >= 15 is 0 Å². The number of hydrogen-bond acceptors (Lipinski definition) is 1. The summed E-state index contributed by atoms with van der Waals surface area (Å²) in [6, 6.07) is 0.864. The minimum atomic E-state index is -5.09. The Morgan fingerprint density at radius 1 is 1.12 bits per heavy atom. The van der Waals surface area contributed by atoms with Gasteiger partial charge < -0.3 is 0 Å². The predicted octanol–water partition coefficient (Wildman–Crippen LogP) is 4.01. The van der Waals surface area contributed by atoms with Gasteiger partial charge in [0.15, 0.2) is 0 Å². The van der Waals surface area contributed by atoms with Crippen molar-refractivity contribution in [3.05, 3.63) is 35.1 Å². The number of benzene rings is 1. The fourth-order valence-electron chi connectivity index (χ4n) is 1.10. The highest BCUT2D eigenvalue weighted by molar-refractivity contribution is 9.10. The van der Waals surface area contributed by atoms with Crippen molar-refractivity contribution in [2.24, 2.45) is 0 Å². The SMILES string of the molecule is O=C(c1ccc(F)cc1C(F)(F)F)C(F)(F)Br. The van der Waals surface area contributed by atoms with Gasteiger partial charge in [-0.15, -0.1) is 0 Å². The van der Waals surface area contributed by atoms with E-state index in [1.807, 2.05) is 0 Å². The summed E-state index contributed by atoms with van der Waals surface area (Å²) in [6.07, 6.45) is -5.09. The Kier molecular flexibility index (Phi) is 3.56. The van der Waals surface area contributed by atoms with E-state index in [1.54, 1.807) is 15.9 Å². The zero-order valence-corrected chi connectivity index (χ0v) is 9.37. The summed E-state index contributed by atoms with van der Waals surface area (Å²) in [7, 11) is 0. The van der Waals surface area contributed by atoms with Gasteiger partial charge in [0, 0.05) is 5.56 Å². The number of halogens is 7. The molecule has 8 heteroatoms. The van der Waals surface area contributed by atoms with E-state index in [0.717, 1.165) is 0 Å². The average molecular weight is 321 g/mol. The highest BCUT2D eigenvalue weighted by Crippen LogP contribution is 2.36. The second kappa shape index (κ2) is 4.32. The van der Waals surface area contributed by atoms with Crippen LogP contribution in [0, 0.1) is 5.82 Å². The highest BCUT2D eigenvalue weighted by atomic mass is 79.9. The monoisotopic (exact) mass is 320 g/mol. The first-order valence-corrected chi connectivity index (χ1v) is 4.81. The molecule has 0 amide bonds. The first-order valence-electron chi connectivity index (χ1n) is 4.02. The van der Waals surface area contributed by atoms with Gasteiger partial charge >= 0.3 is 11.0 Å². The summed E-state index contributed by atoms with van der Waals surface area (Å²) in [6.45, 7) is 0. The molecule has 1 aromatic rings. The van der Waals surface area contributed by atoms with Gasteiger partial charge in [-0.05, 0) is 34.1 Å². The molecule has 1 aromatic carbocycles. The fourth-order valence-corrected chi connectivity index (χ4v) is 1.32. The van der Waals surface area contributed by atoms with E-state index in [-0.39, 0.29) is 6.07 Å². The van der Waals surface area contributed by atoms with E-state index in [0.29, 0.717) is 12.1 Å². The number of carbonyl (C=O) groups excluding carboxylic acids is 1. The summed E-state index contributed by atoms with van der Waals surface area (Å²) in [4.78, 5) is 6.89. The van der Waals surface area contributed by atoms with Crippen molar-refractivity contribution < 1.29 is 31.1 Å². The summed E-state index contributed by atoms with van der Waals surface area (Å²) < 4.78 is 75.0. The number of rotatable bonds is 2. The van der Waals surface area contributed by atoms with Gasteiger partial charge in [0.2, 0.25) is 5.78 Å². The molecule has 17 heavy (non-hydrogen) atoms. The van der Waals surface area contributed by atoms with Crippen molar-refractivity contribution in [1.29, 1.82) is 0 Å². The zero-order valence-electron chi connectivity index (χ0n) is 7.79. The molecule has 0 unspecified atom stereocenters. The van der Waals surface area contributed by atoms with Crippen molar-refractivity contribution in [3.63, 3.8) is 0 Å². The molecule has 0 heterocycles. The van der Waals surface area contributed by atoms with Crippen LogP contribution in [0.25, 0.3) is 0 Å². The van der Waals surface area contributed by atoms with E-state index in [2.05, 4.69) is 0 Å². The maximum absolute atomic E-state index is 12.6. The molecule has 1 nitrogen and oxygen atoms in total. The second-order valence-electron chi connectivity index (χ2n) is 3.01. The topological polar surface area (TPSA) is 17.1 Å². The van der Waals surface area contributed by atoms with Crippen LogP contribution < -0.4 is 0 Å². The maximum atomic E-state index is 12.6. The van der Waals surface area contributed by atoms with E-state index in [1.165, 1.54) is 0 Å². The standard InChI is InChI=1S/C9H3BrF6O/c10-8(12,13)7(17)5-2-1-4(11)3-6(5)9(14,15)16/h1-3H. The Morgan fingerprint density at radius 2 is 1.65 bits per heavy atom. The van der Waals surface area contributed by atoms with Crippen molar-refractivity contribution in [2.75, 3.05) is 0 Å². The molecular weight excluding hydrogens is 318 g/mol. The smallest absolute Gasteiger partial charge is 0.286 e. The van der Waals surface area contributed by atoms with E-state index in [4.69, 9.17) is 0 Å². The number of alkyl halides is 6. The summed E-state index contributed by atoms with van der Waals surface area (Å²) in [5.74, 6) is -3.35. The molecule has 94 valence electrons. The molecule has 1 rings (SSSR count). The number of ketones is 1. The predicted molar refractivity (Wildman–Crippen MR) is 49.6 cm³/mol. The Morgan fingerprint density at radius 3 is 2.06 bits per heavy atom. The van der Waals surface area contributed by atoms with Crippen LogP contribution in [0.5, 0.6) is 0 Å². The lowest BCUT2D eigenvalue weighted by Crippen LogP contribution is -2.24. The van der Waals surface area contributed by atoms with Crippen molar-refractivity contribution in [1.82, 2.24) is 0 Å². The van der Waals surface area contributed by atoms with Gasteiger partial charge in [-0.2, -0.15) is 22.0 Å². The van der Waals surface area contributed by atoms with Gasteiger partial charge in [-0.3, -0.25) is 4.79 Å². The van der Waals surface area contributed by atoms with Gasteiger partial charge in [-0.1, -0.05) is 0 Å². The van der Waals surface area contributed by atoms with Crippen LogP contribution in [-0.4, -0.2) is 10.6 Å². The molecule has 0 N–H and O–H groups in total. The molecule has 0 radical (unpaired) electrons. The Hall–Kier alpha value is -1.05. The molecule has 0 atom stereocenters. The van der Waals surface area contributed by atoms with Crippen LogP contribution in [0.1, 0.15) is 15.9 Å². The van der Waals surface area contributed by atoms with E-state index in [9.17, 15) is 31.1 Å². The Bertz CT molecular complexity index is 448. The van der Waals surface area contributed by atoms with Crippen molar-refractivity contribution >= 4 is 21.7 Å². The third-order valence-electron chi connectivity index (χ3n) is 1.79. The molecule has 0 bridgehead atoms. The molecule has 0 fully saturated rings. The summed E-state index contributed by atoms with van der Waals surface area (Å²) in [5.41, 5.74) is -3.03. The molecule has 0 aliphatic carbocycles. The van der Waals surface area contributed by atoms with Gasteiger partial charge in [0.25, 0.3) is 0 Å². The first kappa shape index (κ1) is 14.0.